The molecule has 2 atom stereocenters. The lowest BCUT2D eigenvalue weighted by Gasteiger charge is -2.31. The number of hydrogen-bond acceptors (Lipinski definition) is 7. The van der Waals surface area contributed by atoms with Gasteiger partial charge in [-0.1, -0.05) is 0 Å². The molecule has 2 aromatic heterocycles. The van der Waals surface area contributed by atoms with E-state index in [4.69, 9.17) is 0 Å². The van der Waals surface area contributed by atoms with Crippen LogP contribution < -0.4 is 10.6 Å². The van der Waals surface area contributed by atoms with Gasteiger partial charge in [-0.2, -0.15) is 26.3 Å². The van der Waals surface area contributed by atoms with Gasteiger partial charge in [0.2, 0.25) is 0 Å². The summed E-state index contributed by atoms with van der Waals surface area (Å²) in [5, 5.41) is 13.6. The molecule has 2 aliphatic carbocycles. The van der Waals surface area contributed by atoms with E-state index in [-0.39, 0.29) is 25.7 Å². The molecule has 3 fully saturated rings. The zero-order valence-corrected chi connectivity index (χ0v) is 22.6. The number of carbonyl (C=O) groups excluding carboxylic acids is 2. The van der Waals surface area contributed by atoms with E-state index in [9.17, 15) is 49.8 Å². The summed E-state index contributed by atoms with van der Waals surface area (Å²) in [4.78, 5) is 34.2. The summed E-state index contributed by atoms with van der Waals surface area (Å²) in [5.41, 5.74) is -2.90. The van der Waals surface area contributed by atoms with E-state index in [0.29, 0.717) is 23.6 Å². The minimum absolute atomic E-state index is 0.229. The number of nitrogens with zero attached hydrogens (tertiary/aromatic N) is 3. The van der Waals surface area contributed by atoms with Gasteiger partial charge in [0.15, 0.2) is 5.01 Å². The number of carbonyl (C=O) groups is 2. The second kappa shape index (κ2) is 10.6. The van der Waals surface area contributed by atoms with Gasteiger partial charge < -0.3 is 20.6 Å². The van der Waals surface area contributed by atoms with Crippen LogP contribution in [0.3, 0.4) is 0 Å². The molecule has 3 heterocycles. The number of halogens is 8. The van der Waals surface area contributed by atoms with Crippen LogP contribution in [0.5, 0.6) is 0 Å². The van der Waals surface area contributed by atoms with Crippen molar-refractivity contribution < 1.29 is 49.8 Å². The molecule has 2 amide bonds. The molecule has 2 saturated carbocycles. The van der Waals surface area contributed by atoms with E-state index in [0.717, 1.165) is 4.90 Å². The van der Waals surface area contributed by atoms with Gasteiger partial charge in [0.25, 0.3) is 17.7 Å². The van der Waals surface area contributed by atoms with Crippen LogP contribution in [0, 0.1) is 5.92 Å². The van der Waals surface area contributed by atoms with Gasteiger partial charge >= 0.3 is 12.4 Å². The van der Waals surface area contributed by atoms with Gasteiger partial charge in [0.1, 0.15) is 17.6 Å². The van der Waals surface area contributed by atoms with Crippen LogP contribution in [0.25, 0.3) is 10.4 Å². The second-order valence-corrected chi connectivity index (χ2v) is 11.9. The molecule has 3 N–H and O–H groups in total. The first-order chi connectivity index (χ1) is 19.4. The second-order valence-electron chi connectivity index (χ2n) is 10.9. The molecule has 0 unspecified atom stereocenters. The third-order valence-corrected chi connectivity index (χ3v) is 8.55. The zero-order chi connectivity index (χ0) is 30.8. The first-order valence-corrected chi connectivity index (χ1v) is 13.8. The van der Waals surface area contributed by atoms with Crippen LogP contribution in [0.4, 0.5) is 40.9 Å². The molecule has 2 aromatic rings. The third-order valence-electron chi connectivity index (χ3n) is 7.46. The molecule has 0 spiro atoms. The van der Waals surface area contributed by atoms with Crippen molar-refractivity contribution in [1.82, 2.24) is 20.2 Å². The standard InChI is InChI=1S/C25H25F8N5O3S/c1-10-7-23(26,27)9-38(10)22(41)17-18(42-21(37-17)20(40)35-12-4-13(39)5-12)14-8-34-16(6-15(14)24(28,29)30)36-19(11-2-3-11)25(31,32)33/h6,8,10-13,19,39H,2-5,7,9H2,1H3,(H,34,36)(H,35,40)/t10-,12?,13?,19-/m0/s1. The van der Waals surface area contributed by atoms with E-state index in [1.807, 2.05) is 5.32 Å². The Balaban J connectivity index is 1.55. The average molecular weight is 628 g/mol. The molecule has 230 valence electrons. The number of rotatable bonds is 7. The number of aliphatic hydroxyl groups excluding tert-OH is 1. The Morgan fingerprint density at radius 2 is 1.83 bits per heavy atom. The van der Waals surface area contributed by atoms with Crippen LogP contribution in [0.2, 0.25) is 0 Å². The number of alkyl halides is 8. The summed E-state index contributed by atoms with van der Waals surface area (Å²) in [7, 11) is 0. The molecule has 1 saturated heterocycles. The number of anilines is 1. The Bertz CT molecular complexity index is 1370. The number of likely N-dealkylation sites (tertiary alicyclic amines) is 1. The normalized spacial score (nSPS) is 24.7. The van der Waals surface area contributed by atoms with Crippen molar-refractivity contribution in [3.8, 4) is 10.4 Å². The summed E-state index contributed by atoms with van der Waals surface area (Å²) in [6.07, 6.45) is -9.65. The maximum atomic E-state index is 14.3. The molecule has 1 aliphatic heterocycles. The maximum absolute atomic E-state index is 14.3. The number of aliphatic hydroxyl groups is 1. The molecule has 0 radical (unpaired) electrons. The highest BCUT2D eigenvalue weighted by Crippen LogP contribution is 2.45. The minimum atomic E-state index is -5.15. The highest BCUT2D eigenvalue weighted by molar-refractivity contribution is 7.17. The Morgan fingerprint density at radius 3 is 2.36 bits per heavy atom. The minimum Gasteiger partial charge on any atom is -0.393 e. The van der Waals surface area contributed by atoms with Crippen LogP contribution in [0.15, 0.2) is 12.3 Å². The van der Waals surface area contributed by atoms with Crippen molar-refractivity contribution in [2.75, 3.05) is 11.9 Å². The van der Waals surface area contributed by atoms with E-state index < -0.39 is 106 Å². The summed E-state index contributed by atoms with van der Waals surface area (Å²) >= 11 is 0.394. The van der Waals surface area contributed by atoms with E-state index in [2.05, 4.69) is 15.3 Å². The van der Waals surface area contributed by atoms with Crippen LogP contribution in [-0.4, -0.2) is 74.7 Å². The number of hydrogen-bond donors (Lipinski definition) is 3. The van der Waals surface area contributed by atoms with Gasteiger partial charge in [0.05, 0.1) is 23.1 Å². The quantitative estimate of drug-likeness (QED) is 0.369. The molecule has 8 nitrogen and oxygen atoms in total. The molecule has 42 heavy (non-hydrogen) atoms. The van der Waals surface area contributed by atoms with Gasteiger partial charge in [-0.15, -0.1) is 11.3 Å². The predicted molar refractivity (Wildman–Crippen MR) is 133 cm³/mol. The number of nitrogens with one attached hydrogen (secondary N) is 2. The maximum Gasteiger partial charge on any atom is 0.417 e. The topological polar surface area (TPSA) is 107 Å². The summed E-state index contributed by atoms with van der Waals surface area (Å²) in [6.45, 7) is 0.319. The Hall–Kier alpha value is -3.08. The van der Waals surface area contributed by atoms with Gasteiger partial charge in [-0.05, 0) is 44.6 Å². The molecule has 17 heteroatoms. The zero-order valence-electron chi connectivity index (χ0n) is 21.8. The molecular formula is C25H25F8N5O3S. The Labute approximate surface area is 237 Å². The molecule has 5 rings (SSSR count). The average Bonchev–Trinajstić information content (AvgIpc) is 3.51. The highest BCUT2D eigenvalue weighted by atomic mass is 32.1. The van der Waals surface area contributed by atoms with Crippen molar-refractivity contribution >= 4 is 29.0 Å². The third kappa shape index (κ3) is 6.31. The van der Waals surface area contributed by atoms with Crippen LogP contribution >= 0.6 is 11.3 Å². The van der Waals surface area contributed by atoms with Crippen molar-refractivity contribution in [2.45, 2.75) is 81.5 Å². The molecule has 3 aliphatic rings. The van der Waals surface area contributed by atoms with Gasteiger partial charge in [-0.3, -0.25) is 9.59 Å². The number of pyridine rings is 1. The van der Waals surface area contributed by atoms with E-state index >= 15 is 0 Å². The van der Waals surface area contributed by atoms with Crippen molar-refractivity contribution in [3.63, 3.8) is 0 Å². The summed E-state index contributed by atoms with van der Waals surface area (Å²) < 4.78 is 112. The monoisotopic (exact) mass is 627 g/mol. The summed E-state index contributed by atoms with van der Waals surface area (Å²) in [6, 6.07) is -3.17. The fourth-order valence-corrected chi connectivity index (χ4v) is 6.11. The lowest BCUT2D eigenvalue weighted by Crippen LogP contribution is -2.46. The summed E-state index contributed by atoms with van der Waals surface area (Å²) in [5.74, 6) is -6.75. The fourth-order valence-electron chi connectivity index (χ4n) is 5.12. The van der Waals surface area contributed by atoms with E-state index in [1.165, 1.54) is 6.92 Å². The lowest BCUT2D eigenvalue weighted by atomic mass is 9.89. The van der Waals surface area contributed by atoms with Gasteiger partial charge in [0, 0.05) is 30.3 Å². The smallest absolute Gasteiger partial charge is 0.393 e. The molecular weight excluding hydrogens is 602 g/mol. The Kier molecular flexibility index (Phi) is 7.65. The van der Waals surface area contributed by atoms with Crippen LogP contribution in [-0.2, 0) is 6.18 Å². The number of aromatic nitrogens is 2. The van der Waals surface area contributed by atoms with Crippen molar-refractivity contribution in [3.05, 3.63) is 28.5 Å². The molecule has 0 aromatic carbocycles. The Morgan fingerprint density at radius 1 is 1.17 bits per heavy atom. The van der Waals surface area contributed by atoms with Crippen LogP contribution in [0.1, 0.15) is 64.9 Å². The fraction of sp³-hybridized carbons (Fsp3) is 0.600. The lowest BCUT2D eigenvalue weighted by molar-refractivity contribution is -0.146. The predicted octanol–water partition coefficient (Wildman–Crippen LogP) is 5.10. The highest BCUT2D eigenvalue weighted by Gasteiger charge is 2.50. The largest absolute Gasteiger partial charge is 0.417 e. The number of amides is 2. The SMILES string of the molecule is C[C@H]1CC(F)(F)CN1C(=O)c1nc(C(=O)NC2CC(O)C2)sc1-c1cnc(N[C@@H](C2CC2)C(F)(F)F)cc1C(F)(F)F. The number of thiazole rings is 1. The first kappa shape index (κ1) is 30.4. The van der Waals surface area contributed by atoms with Crippen molar-refractivity contribution in [1.29, 1.82) is 0 Å². The van der Waals surface area contributed by atoms with Crippen molar-refractivity contribution in [2.24, 2.45) is 5.92 Å². The molecule has 0 bridgehead atoms. The first-order valence-electron chi connectivity index (χ1n) is 13.0. The van der Waals surface area contributed by atoms with E-state index in [1.54, 1.807) is 0 Å². The van der Waals surface area contributed by atoms with Gasteiger partial charge in [-0.25, -0.2) is 18.7 Å².